The molecule has 1 fully saturated rings. The van der Waals surface area contributed by atoms with Crippen molar-refractivity contribution in [1.82, 2.24) is 5.32 Å². The first-order chi connectivity index (χ1) is 14.3. The molecule has 0 saturated carbocycles. The lowest BCUT2D eigenvalue weighted by molar-refractivity contribution is -0.122. The van der Waals surface area contributed by atoms with E-state index in [2.05, 4.69) is 27.2 Å². The molecule has 9 heteroatoms. The number of barbiturate groups is 1. The summed E-state index contributed by atoms with van der Waals surface area (Å²) >= 11 is 9.24. The van der Waals surface area contributed by atoms with E-state index < -0.39 is 17.8 Å². The van der Waals surface area contributed by atoms with Crippen LogP contribution in [-0.4, -0.2) is 31.6 Å². The van der Waals surface area contributed by atoms with Gasteiger partial charge in [-0.3, -0.25) is 14.9 Å². The molecule has 2 aromatic carbocycles. The van der Waals surface area contributed by atoms with Crippen molar-refractivity contribution in [2.75, 3.05) is 18.6 Å². The van der Waals surface area contributed by atoms with Crippen molar-refractivity contribution in [3.63, 3.8) is 0 Å². The largest absolute Gasteiger partial charge is 0.493 e. The average Bonchev–Trinajstić information content (AvgIpc) is 2.71. The van der Waals surface area contributed by atoms with Crippen LogP contribution >= 0.6 is 27.5 Å². The number of halogens is 2. The molecule has 7 nitrogen and oxygen atoms in total. The molecular weight excluding hydrogens is 476 g/mol. The topological polar surface area (TPSA) is 84.9 Å². The molecule has 0 atom stereocenters. The van der Waals surface area contributed by atoms with Crippen LogP contribution in [0.3, 0.4) is 0 Å². The van der Waals surface area contributed by atoms with Crippen molar-refractivity contribution in [2.24, 2.45) is 0 Å². The van der Waals surface area contributed by atoms with E-state index in [1.165, 1.54) is 37.5 Å². The van der Waals surface area contributed by atoms with Crippen molar-refractivity contribution in [1.29, 1.82) is 0 Å². The van der Waals surface area contributed by atoms with E-state index >= 15 is 0 Å². The normalized spacial score (nSPS) is 15.1. The summed E-state index contributed by atoms with van der Waals surface area (Å²) in [4.78, 5) is 38.4. The molecule has 0 spiro atoms. The number of hydrogen-bond acceptors (Lipinski definition) is 5. The van der Waals surface area contributed by atoms with E-state index in [0.29, 0.717) is 26.6 Å². The van der Waals surface area contributed by atoms with Crippen LogP contribution in [-0.2, 0) is 9.59 Å². The van der Waals surface area contributed by atoms with Gasteiger partial charge in [-0.15, -0.1) is 6.42 Å². The van der Waals surface area contributed by atoms with Crippen LogP contribution < -0.4 is 19.7 Å². The number of methoxy groups -OCH3 is 1. The SMILES string of the molecule is C#CCOc1cc(Br)c(/C=C2\C(=O)NC(=O)N(c3ccc(Cl)cc3)C2=O)cc1OC. The Hall–Kier alpha value is -3.28. The fourth-order valence-electron chi connectivity index (χ4n) is 2.69. The number of terminal acetylenes is 1. The number of rotatable bonds is 5. The van der Waals surface area contributed by atoms with Crippen molar-refractivity contribution >= 4 is 57.1 Å². The minimum atomic E-state index is -0.848. The van der Waals surface area contributed by atoms with Gasteiger partial charge in [0, 0.05) is 9.50 Å². The number of benzene rings is 2. The molecule has 152 valence electrons. The van der Waals surface area contributed by atoms with Gasteiger partial charge >= 0.3 is 6.03 Å². The summed E-state index contributed by atoms with van der Waals surface area (Å²) in [5, 5.41) is 2.61. The fourth-order valence-corrected chi connectivity index (χ4v) is 3.25. The van der Waals surface area contributed by atoms with E-state index in [0.717, 1.165) is 4.90 Å². The summed E-state index contributed by atoms with van der Waals surface area (Å²) in [7, 11) is 1.45. The molecule has 30 heavy (non-hydrogen) atoms. The second-order valence-corrected chi connectivity index (χ2v) is 7.24. The molecular formula is C21H14BrClN2O5. The van der Waals surface area contributed by atoms with Gasteiger partial charge in [0.25, 0.3) is 11.8 Å². The van der Waals surface area contributed by atoms with Crippen LogP contribution in [0.25, 0.3) is 6.08 Å². The Balaban J connectivity index is 2.02. The maximum absolute atomic E-state index is 13.0. The van der Waals surface area contributed by atoms with Gasteiger partial charge in [0.15, 0.2) is 11.5 Å². The zero-order valence-electron chi connectivity index (χ0n) is 15.6. The molecule has 0 aliphatic carbocycles. The monoisotopic (exact) mass is 488 g/mol. The van der Waals surface area contributed by atoms with Gasteiger partial charge in [-0.2, -0.15) is 0 Å². The number of imide groups is 2. The lowest BCUT2D eigenvalue weighted by Gasteiger charge is -2.26. The van der Waals surface area contributed by atoms with Crippen LogP contribution in [0.5, 0.6) is 11.5 Å². The standard InChI is InChI=1S/C21H14BrClN2O5/c1-3-8-30-18-11-16(22)12(10-17(18)29-2)9-15-19(26)24-21(28)25(20(15)27)14-6-4-13(23)5-7-14/h1,4-7,9-11H,8H2,2H3,(H,24,26,28)/b15-9+. The quantitative estimate of drug-likeness (QED) is 0.392. The number of nitrogens with one attached hydrogen (secondary N) is 1. The number of anilines is 1. The first kappa shape index (κ1) is 21.4. The molecule has 2 aromatic rings. The molecule has 1 heterocycles. The highest BCUT2D eigenvalue weighted by atomic mass is 79.9. The van der Waals surface area contributed by atoms with Gasteiger partial charge < -0.3 is 9.47 Å². The third-order valence-corrected chi connectivity index (χ3v) is 5.02. The summed E-state index contributed by atoms with van der Waals surface area (Å²) in [5.41, 5.74) is 0.503. The van der Waals surface area contributed by atoms with Crippen molar-refractivity contribution < 1.29 is 23.9 Å². The number of amides is 4. The Labute approximate surface area is 185 Å². The van der Waals surface area contributed by atoms with Gasteiger partial charge in [0.05, 0.1) is 12.8 Å². The van der Waals surface area contributed by atoms with E-state index in [-0.39, 0.29) is 17.9 Å². The summed E-state index contributed by atoms with van der Waals surface area (Å²) in [6.07, 6.45) is 6.56. The number of ether oxygens (including phenoxy) is 2. The predicted molar refractivity (Wildman–Crippen MR) is 115 cm³/mol. The highest BCUT2D eigenvalue weighted by Gasteiger charge is 2.37. The van der Waals surface area contributed by atoms with E-state index in [1.54, 1.807) is 12.1 Å². The summed E-state index contributed by atoms with van der Waals surface area (Å²) in [5.74, 6) is 1.52. The molecule has 0 aromatic heterocycles. The predicted octanol–water partition coefficient (Wildman–Crippen LogP) is 3.79. The van der Waals surface area contributed by atoms with E-state index in [9.17, 15) is 14.4 Å². The van der Waals surface area contributed by atoms with Crippen LogP contribution in [0, 0.1) is 12.3 Å². The van der Waals surface area contributed by atoms with Crippen LogP contribution in [0.1, 0.15) is 5.56 Å². The number of hydrogen-bond donors (Lipinski definition) is 1. The Morgan fingerprint density at radius 3 is 2.53 bits per heavy atom. The zero-order chi connectivity index (χ0) is 21.8. The van der Waals surface area contributed by atoms with Crippen molar-refractivity contribution in [2.45, 2.75) is 0 Å². The molecule has 3 rings (SSSR count). The first-order valence-electron chi connectivity index (χ1n) is 8.46. The van der Waals surface area contributed by atoms with Gasteiger partial charge in [-0.25, -0.2) is 9.69 Å². The Bertz CT molecular complexity index is 1110. The number of nitrogens with zero attached hydrogens (tertiary/aromatic N) is 1. The van der Waals surface area contributed by atoms with Gasteiger partial charge in [0.1, 0.15) is 12.2 Å². The van der Waals surface area contributed by atoms with Crippen molar-refractivity contribution in [3.8, 4) is 23.8 Å². The Morgan fingerprint density at radius 2 is 1.90 bits per heavy atom. The second kappa shape index (κ2) is 9.03. The lowest BCUT2D eigenvalue weighted by Crippen LogP contribution is -2.54. The van der Waals surface area contributed by atoms with Gasteiger partial charge in [0.2, 0.25) is 0 Å². The van der Waals surface area contributed by atoms with E-state index in [4.69, 9.17) is 27.5 Å². The van der Waals surface area contributed by atoms with Gasteiger partial charge in [-0.1, -0.05) is 33.5 Å². The average molecular weight is 490 g/mol. The smallest absolute Gasteiger partial charge is 0.335 e. The number of carbonyl (C=O) groups is 3. The highest BCUT2D eigenvalue weighted by Crippen LogP contribution is 2.35. The minimum absolute atomic E-state index is 0.0439. The zero-order valence-corrected chi connectivity index (χ0v) is 17.9. The van der Waals surface area contributed by atoms with E-state index in [1.807, 2.05) is 0 Å². The third kappa shape index (κ3) is 4.32. The van der Waals surface area contributed by atoms with Gasteiger partial charge in [-0.05, 0) is 48.0 Å². The summed E-state index contributed by atoms with van der Waals surface area (Å²) in [6.45, 7) is 0.0439. The number of urea groups is 1. The summed E-state index contributed by atoms with van der Waals surface area (Å²) < 4.78 is 11.2. The molecule has 1 aliphatic heterocycles. The lowest BCUT2D eigenvalue weighted by atomic mass is 10.1. The molecule has 0 radical (unpaired) electrons. The van der Waals surface area contributed by atoms with Crippen LogP contribution in [0.2, 0.25) is 5.02 Å². The minimum Gasteiger partial charge on any atom is -0.493 e. The second-order valence-electron chi connectivity index (χ2n) is 5.95. The maximum Gasteiger partial charge on any atom is 0.335 e. The van der Waals surface area contributed by atoms with Crippen molar-refractivity contribution in [3.05, 3.63) is 57.0 Å². The Morgan fingerprint density at radius 1 is 1.20 bits per heavy atom. The fraction of sp³-hybridized carbons (Fsp3) is 0.0952. The summed E-state index contributed by atoms with van der Waals surface area (Å²) in [6, 6.07) is 8.41. The van der Waals surface area contributed by atoms with Crippen LogP contribution in [0.15, 0.2) is 46.4 Å². The highest BCUT2D eigenvalue weighted by molar-refractivity contribution is 9.10. The third-order valence-electron chi connectivity index (χ3n) is 4.08. The molecule has 1 saturated heterocycles. The molecule has 0 bridgehead atoms. The first-order valence-corrected chi connectivity index (χ1v) is 9.63. The maximum atomic E-state index is 13.0. The molecule has 1 aliphatic rings. The molecule has 4 amide bonds. The molecule has 1 N–H and O–H groups in total. The Kier molecular flexibility index (Phi) is 6.45. The molecule has 0 unspecified atom stereocenters. The number of carbonyl (C=O) groups excluding carboxylic acids is 3. The van der Waals surface area contributed by atoms with Crippen LogP contribution in [0.4, 0.5) is 10.5 Å².